The van der Waals surface area contributed by atoms with Crippen molar-refractivity contribution in [1.82, 2.24) is 10.6 Å². The highest BCUT2D eigenvalue weighted by atomic mass is 79.9. The van der Waals surface area contributed by atoms with Crippen molar-refractivity contribution in [3.8, 4) is 0 Å². The van der Waals surface area contributed by atoms with Crippen molar-refractivity contribution in [2.75, 3.05) is 6.54 Å². The van der Waals surface area contributed by atoms with Crippen molar-refractivity contribution in [2.24, 2.45) is 0 Å². The van der Waals surface area contributed by atoms with Crippen molar-refractivity contribution in [3.63, 3.8) is 0 Å². The Hall–Kier alpha value is -0.580. The molecule has 3 nitrogen and oxygen atoms in total. The Morgan fingerprint density at radius 2 is 2.24 bits per heavy atom. The van der Waals surface area contributed by atoms with Crippen LogP contribution in [0.4, 0.5) is 0 Å². The second-order valence-corrected chi connectivity index (χ2v) is 5.01. The first-order valence-electron chi connectivity index (χ1n) is 5.49. The fourth-order valence-electron chi connectivity index (χ4n) is 1.34. The van der Waals surface area contributed by atoms with Crippen LogP contribution in [0, 0.1) is 0 Å². The summed E-state index contributed by atoms with van der Waals surface area (Å²) >= 11 is 9.27. The standard InChI is InChI=1S/C12H16BrClN2O/c1-3-15-12(17)8(2)16-7-9-4-5-11(14)10(13)6-9/h4-6,8,16H,3,7H2,1-2H3,(H,15,17). The van der Waals surface area contributed by atoms with E-state index in [0.29, 0.717) is 18.1 Å². The van der Waals surface area contributed by atoms with Gasteiger partial charge in [0, 0.05) is 17.6 Å². The maximum absolute atomic E-state index is 11.5. The van der Waals surface area contributed by atoms with Gasteiger partial charge in [-0.05, 0) is 47.5 Å². The summed E-state index contributed by atoms with van der Waals surface area (Å²) < 4.78 is 0.865. The molecule has 0 aliphatic carbocycles. The monoisotopic (exact) mass is 318 g/mol. The zero-order valence-electron chi connectivity index (χ0n) is 9.89. The van der Waals surface area contributed by atoms with Crippen LogP contribution in [-0.4, -0.2) is 18.5 Å². The molecule has 5 heteroatoms. The number of hydrogen-bond acceptors (Lipinski definition) is 2. The summed E-state index contributed by atoms with van der Waals surface area (Å²) in [4.78, 5) is 11.5. The number of amides is 1. The third-order valence-electron chi connectivity index (χ3n) is 2.34. The lowest BCUT2D eigenvalue weighted by molar-refractivity contribution is -0.122. The van der Waals surface area contributed by atoms with Gasteiger partial charge in [-0.15, -0.1) is 0 Å². The van der Waals surface area contributed by atoms with E-state index < -0.39 is 0 Å². The van der Waals surface area contributed by atoms with Crippen LogP contribution in [0.5, 0.6) is 0 Å². The molecular formula is C12H16BrClN2O. The zero-order chi connectivity index (χ0) is 12.8. The highest BCUT2D eigenvalue weighted by molar-refractivity contribution is 9.10. The first-order chi connectivity index (χ1) is 8.04. The summed E-state index contributed by atoms with van der Waals surface area (Å²) in [5, 5.41) is 6.61. The van der Waals surface area contributed by atoms with Gasteiger partial charge in [-0.2, -0.15) is 0 Å². The molecule has 0 saturated carbocycles. The number of carbonyl (C=O) groups is 1. The zero-order valence-corrected chi connectivity index (χ0v) is 12.2. The second-order valence-electron chi connectivity index (χ2n) is 3.75. The molecule has 0 heterocycles. The molecule has 0 fully saturated rings. The Morgan fingerprint density at radius 1 is 1.53 bits per heavy atom. The molecule has 0 aliphatic rings. The van der Waals surface area contributed by atoms with Crippen LogP contribution < -0.4 is 10.6 Å². The average molecular weight is 320 g/mol. The number of carbonyl (C=O) groups excluding carboxylic acids is 1. The van der Waals surface area contributed by atoms with Crippen LogP contribution in [0.15, 0.2) is 22.7 Å². The van der Waals surface area contributed by atoms with Crippen LogP contribution in [0.1, 0.15) is 19.4 Å². The Balaban J connectivity index is 2.50. The molecular weight excluding hydrogens is 304 g/mol. The minimum Gasteiger partial charge on any atom is -0.355 e. The van der Waals surface area contributed by atoms with E-state index in [2.05, 4.69) is 26.6 Å². The molecule has 94 valence electrons. The van der Waals surface area contributed by atoms with Gasteiger partial charge in [0.2, 0.25) is 5.91 Å². The van der Waals surface area contributed by atoms with Gasteiger partial charge >= 0.3 is 0 Å². The summed E-state index contributed by atoms with van der Waals surface area (Å²) in [7, 11) is 0. The Morgan fingerprint density at radius 3 is 2.82 bits per heavy atom. The maximum atomic E-state index is 11.5. The molecule has 1 rings (SSSR count). The highest BCUT2D eigenvalue weighted by Gasteiger charge is 2.10. The third kappa shape index (κ3) is 4.66. The SMILES string of the molecule is CCNC(=O)C(C)NCc1ccc(Cl)c(Br)c1. The molecule has 1 amide bonds. The van der Waals surface area contributed by atoms with Crippen molar-refractivity contribution in [3.05, 3.63) is 33.3 Å². The van der Waals surface area contributed by atoms with Crippen molar-refractivity contribution >= 4 is 33.4 Å². The number of hydrogen-bond donors (Lipinski definition) is 2. The van der Waals surface area contributed by atoms with Crippen molar-refractivity contribution in [2.45, 2.75) is 26.4 Å². The van der Waals surface area contributed by atoms with Crippen LogP contribution in [0.2, 0.25) is 5.02 Å². The van der Waals surface area contributed by atoms with E-state index in [4.69, 9.17) is 11.6 Å². The van der Waals surface area contributed by atoms with E-state index in [0.717, 1.165) is 10.0 Å². The molecule has 1 aromatic carbocycles. The number of benzene rings is 1. The maximum Gasteiger partial charge on any atom is 0.236 e. The quantitative estimate of drug-likeness (QED) is 0.876. The molecule has 1 aromatic rings. The molecule has 0 aliphatic heterocycles. The van der Waals surface area contributed by atoms with Crippen LogP contribution in [0.25, 0.3) is 0 Å². The van der Waals surface area contributed by atoms with E-state index in [1.54, 1.807) is 0 Å². The molecule has 1 unspecified atom stereocenters. The number of rotatable bonds is 5. The van der Waals surface area contributed by atoms with Crippen molar-refractivity contribution in [1.29, 1.82) is 0 Å². The summed E-state index contributed by atoms with van der Waals surface area (Å²) in [6, 6.07) is 5.51. The van der Waals surface area contributed by atoms with Gasteiger partial charge in [0.05, 0.1) is 11.1 Å². The fraction of sp³-hybridized carbons (Fsp3) is 0.417. The molecule has 17 heavy (non-hydrogen) atoms. The fourth-order valence-corrected chi connectivity index (χ4v) is 1.88. The first-order valence-corrected chi connectivity index (χ1v) is 6.66. The van der Waals surface area contributed by atoms with Crippen LogP contribution >= 0.6 is 27.5 Å². The minimum atomic E-state index is -0.204. The van der Waals surface area contributed by atoms with E-state index in [9.17, 15) is 4.79 Å². The molecule has 1 atom stereocenters. The number of halogens is 2. The number of likely N-dealkylation sites (N-methyl/N-ethyl adjacent to an activating group) is 1. The highest BCUT2D eigenvalue weighted by Crippen LogP contribution is 2.23. The summed E-state index contributed by atoms with van der Waals surface area (Å²) in [5.74, 6) is 0.0144. The topological polar surface area (TPSA) is 41.1 Å². The van der Waals surface area contributed by atoms with E-state index >= 15 is 0 Å². The smallest absolute Gasteiger partial charge is 0.236 e. The molecule has 0 aromatic heterocycles. The van der Waals surface area contributed by atoms with E-state index in [1.807, 2.05) is 32.0 Å². The molecule has 2 N–H and O–H groups in total. The summed E-state index contributed by atoms with van der Waals surface area (Å²) in [6.07, 6.45) is 0. The Bertz CT molecular complexity index is 398. The predicted molar refractivity (Wildman–Crippen MR) is 74.1 cm³/mol. The largest absolute Gasteiger partial charge is 0.355 e. The van der Waals surface area contributed by atoms with Gasteiger partial charge in [-0.1, -0.05) is 17.7 Å². The lowest BCUT2D eigenvalue weighted by Crippen LogP contribution is -2.41. The van der Waals surface area contributed by atoms with E-state index in [1.165, 1.54) is 0 Å². The van der Waals surface area contributed by atoms with Crippen LogP contribution in [-0.2, 0) is 11.3 Å². The minimum absolute atomic E-state index is 0.0144. The molecule has 0 saturated heterocycles. The van der Waals surface area contributed by atoms with Gasteiger partial charge in [-0.25, -0.2) is 0 Å². The lowest BCUT2D eigenvalue weighted by Gasteiger charge is -2.13. The predicted octanol–water partition coefficient (Wildman–Crippen LogP) is 2.72. The average Bonchev–Trinajstić information content (AvgIpc) is 2.30. The summed E-state index contributed by atoms with van der Waals surface area (Å²) in [6.45, 7) is 5.03. The number of nitrogens with one attached hydrogen (secondary N) is 2. The van der Waals surface area contributed by atoms with Crippen LogP contribution in [0.3, 0.4) is 0 Å². The Kier molecular flexibility index (Phi) is 5.95. The summed E-state index contributed by atoms with van der Waals surface area (Å²) in [5.41, 5.74) is 1.08. The first kappa shape index (κ1) is 14.5. The lowest BCUT2D eigenvalue weighted by atomic mass is 10.2. The Labute approximate surface area is 115 Å². The third-order valence-corrected chi connectivity index (χ3v) is 3.55. The molecule has 0 spiro atoms. The van der Waals surface area contributed by atoms with Gasteiger partial charge in [0.1, 0.15) is 0 Å². The van der Waals surface area contributed by atoms with Gasteiger partial charge in [0.25, 0.3) is 0 Å². The van der Waals surface area contributed by atoms with E-state index in [-0.39, 0.29) is 11.9 Å². The van der Waals surface area contributed by atoms with Gasteiger partial charge in [-0.3, -0.25) is 4.79 Å². The normalized spacial score (nSPS) is 12.2. The van der Waals surface area contributed by atoms with Crippen molar-refractivity contribution < 1.29 is 4.79 Å². The molecule has 0 radical (unpaired) electrons. The molecule has 0 bridgehead atoms. The second kappa shape index (κ2) is 6.99. The van der Waals surface area contributed by atoms with Gasteiger partial charge in [0.15, 0.2) is 0 Å². The van der Waals surface area contributed by atoms with Gasteiger partial charge < -0.3 is 10.6 Å².